The molecule has 0 saturated heterocycles. The Morgan fingerprint density at radius 3 is 2.32 bits per heavy atom. The molecule has 34 heavy (non-hydrogen) atoms. The third kappa shape index (κ3) is 5.30. The van der Waals surface area contributed by atoms with Crippen LogP contribution in [0.5, 0.6) is 17.2 Å². The standard InChI is InChI=1S/C23H23BrN2O8/c1-23(2,3)34-22(28)25-15-7-9-17(21(26(29)30)14(15)12-19(25)24)33-16-8-6-13(10-18(16)31-4)11-20(27)32-5/h6-10,12H,11H2,1-5H3. The van der Waals surface area contributed by atoms with Crippen molar-refractivity contribution in [3.8, 4) is 17.2 Å². The monoisotopic (exact) mass is 534 g/mol. The predicted octanol–water partition coefficient (Wildman–Crippen LogP) is 5.61. The van der Waals surface area contributed by atoms with E-state index in [2.05, 4.69) is 20.7 Å². The molecule has 0 aliphatic rings. The van der Waals surface area contributed by atoms with Gasteiger partial charge in [-0.3, -0.25) is 14.9 Å². The van der Waals surface area contributed by atoms with Crippen molar-refractivity contribution >= 4 is 44.6 Å². The molecule has 0 saturated carbocycles. The second-order valence-corrected chi connectivity index (χ2v) is 9.04. The molecule has 1 heterocycles. The normalized spacial score (nSPS) is 11.2. The number of carbonyl (C=O) groups is 2. The fraction of sp³-hybridized carbons (Fsp3) is 0.304. The highest BCUT2D eigenvalue weighted by Gasteiger charge is 2.28. The fourth-order valence-electron chi connectivity index (χ4n) is 3.24. The first kappa shape index (κ1) is 25.0. The van der Waals surface area contributed by atoms with Crippen LogP contribution in [0.2, 0.25) is 0 Å². The number of nitro benzene ring substituents is 1. The zero-order valence-corrected chi connectivity index (χ0v) is 20.8. The fourth-order valence-corrected chi connectivity index (χ4v) is 3.81. The minimum atomic E-state index is -0.751. The van der Waals surface area contributed by atoms with Gasteiger partial charge in [-0.1, -0.05) is 6.07 Å². The van der Waals surface area contributed by atoms with Crippen molar-refractivity contribution in [2.24, 2.45) is 0 Å². The molecule has 0 aliphatic heterocycles. The van der Waals surface area contributed by atoms with Crippen LogP contribution < -0.4 is 9.47 Å². The predicted molar refractivity (Wildman–Crippen MR) is 127 cm³/mol. The molecule has 0 amide bonds. The van der Waals surface area contributed by atoms with Crippen molar-refractivity contribution < 1.29 is 33.5 Å². The van der Waals surface area contributed by atoms with Crippen LogP contribution in [0.15, 0.2) is 41.0 Å². The van der Waals surface area contributed by atoms with Gasteiger partial charge in [0.1, 0.15) is 5.60 Å². The Bertz CT molecular complexity index is 1280. The number of esters is 1. The van der Waals surface area contributed by atoms with Gasteiger partial charge < -0.3 is 18.9 Å². The van der Waals surface area contributed by atoms with Gasteiger partial charge in [0.2, 0.25) is 5.75 Å². The molecular weight excluding hydrogens is 512 g/mol. The lowest BCUT2D eigenvalue weighted by Gasteiger charge is -2.20. The summed E-state index contributed by atoms with van der Waals surface area (Å²) >= 11 is 3.29. The summed E-state index contributed by atoms with van der Waals surface area (Å²) < 4.78 is 22.8. The topological polar surface area (TPSA) is 119 Å². The van der Waals surface area contributed by atoms with Gasteiger partial charge in [-0.15, -0.1) is 0 Å². The van der Waals surface area contributed by atoms with E-state index < -0.39 is 22.6 Å². The Balaban J connectivity index is 2.06. The third-order valence-corrected chi connectivity index (χ3v) is 5.24. The van der Waals surface area contributed by atoms with Crippen molar-refractivity contribution in [2.75, 3.05) is 14.2 Å². The number of hydrogen-bond acceptors (Lipinski definition) is 8. The van der Waals surface area contributed by atoms with Crippen LogP contribution in [-0.2, 0) is 20.7 Å². The summed E-state index contributed by atoms with van der Waals surface area (Å²) in [7, 11) is 2.71. The van der Waals surface area contributed by atoms with E-state index in [9.17, 15) is 19.7 Å². The molecule has 3 aromatic rings. The van der Waals surface area contributed by atoms with Crippen molar-refractivity contribution in [3.63, 3.8) is 0 Å². The largest absolute Gasteiger partial charge is 0.493 e. The van der Waals surface area contributed by atoms with Gasteiger partial charge in [0, 0.05) is 0 Å². The molecule has 0 atom stereocenters. The van der Waals surface area contributed by atoms with E-state index in [0.717, 1.165) is 0 Å². The van der Waals surface area contributed by atoms with Gasteiger partial charge >= 0.3 is 17.7 Å². The zero-order valence-electron chi connectivity index (χ0n) is 19.2. The summed E-state index contributed by atoms with van der Waals surface area (Å²) in [5.74, 6) is 0.0229. The van der Waals surface area contributed by atoms with Crippen LogP contribution in [0, 0.1) is 10.1 Å². The highest BCUT2D eigenvalue weighted by Crippen LogP contribution is 2.42. The molecule has 0 radical (unpaired) electrons. The molecule has 0 aliphatic carbocycles. The van der Waals surface area contributed by atoms with Crippen molar-refractivity contribution in [2.45, 2.75) is 32.8 Å². The SMILES string of the molecule is COC(=O)Cc1ccc(Oc2ccc3c(cc(Br)n3C(=O)OC(C)(C)C)c2[N+](=O)[O-])c(OC)c1. The van der Waals surface area contributed by atoms with E-state index in [4.69, 9.17) is 14.2 Å². The van der Waals surface area contributed by atoms with Crippen LogP contribution in [-0.4, -0.2) is 41.4 Å². The zero-order chi connectivity index (χ0) is 25.2. The number of halogens is 1. The van der Waals surface area contributed by atoms with Crippen LogP contribution in [0.4, 0.5) is 10.5 Å². The average Bonchev–Trinajstić information content (AvgIpc) is 3.08. The van der Waals surface area contributed by atoms with Crippen molar-refractivity contribution in [1.29, 1.82) is 0 Å². The summed E-state index contributed by atoms with van der Waals surface area (Å²) in [5, 5.41) is 12.2. The number of benzene rings is 2. The van der Waals surface area contributed by atoms with Gasteiger partial charge in [0.15, 0.2) is 11.5 Å². The quantitative estimate of drug-likeness (QED) is 0.227. The minimum Gasteiger partial charge on any atom is -0.493 e. The number of rotatable bonds is 6. The number of ether oxygens (including phenoxy) is 4. The highest BCUT2D eigenvalue weighted by molar-refractivity contribution is 9.10. The number of aromatic nitrogens is 1. The van der Waals surface area contributed by atoms with E-state index in [1.54, 1.807) is 39.0 Å². The molecule has 0 unspecified atom stereocenters. The van der Waals surface area contributed by atoms with E-state index in [-0.39, 0.29) is 40.3 Å². The Morgan fingerprint density at radius 2 is 1.74 bits per heavy atom. The Hall–Kier alpha value is -3.60. The smallest absolute Gasteiger partial charge is 0.419 e. The van der Waals surface area contributed by atoms with E-state index in [1.165, 1.54) is 37.0 Å². The van der Waals surface area contributed by atoms with E-state index >= 15 is 0 Å². The van der Waals surface area contributed by atoms with Gasteiger partial charge in [0.05, 0.1) is 41.1 Å². The van der Waals surface area contributed by atoms with Crippen LogP contribution in [0.25, 0.3) is 10.9 Å². The average molecular weight is 535 g/mol. The molecule has 0 fully saturated rings. The lowest BCUT2D eigenvalue weighted by Crippen LogP contribution is -2.27. The number of nitro groups is 1. The molecule has 0 bridgehead atoms. The molecule has 11 heteroatoms. The van der Waals surface area contributed by atoms with E-state index in [0.29, 0.717) is 10.2 Å². The number of methoxy groups -OCH3 is 2. The minimum absolute atomic E-state index is 0.0332. The summed E-state index contributed by atoms with van der Waals surface area (Å²) in [6.45, 7) is 5.17. The molecule has 0 N–H and O–H groups in total. The van der Waals surface area contributed by atoms with E-state index in [1.807, 2.05) is 0 Å². The highest BCUT2D eigenvalue weighted by atomic mass is 79.9. The second-order valence-electron chi connectivity index (χ2n) is 8.23. The first-order valence-corrected chi connectivity index (χ1v) is 10.9. The Labute approximate surface area is 203 Å². The summed E-state index contributed by atoms with van der Waals surface area (Å²) in [6.07, 6.45) is -0.647. The molecule has 10 nitrogen and oxygen atoms in total. The lowest BCUT2D eigenvalue weighted by molar-refractivity contribution is -0.383. The molecule has 2 aromatic carbocycles. The second kappa shape index (κ2) is 9.72. The maximum atomic E-state index is 12.7. The van der Waals surface area contributed by atoms with Gasteiger partial charge in [-0.25, -0.2) is 9.36 Å². The summed E-state index contributed by atoms with van der Waals surface area (Å²) in [6, 6.07) is 9.16. The maximum absolute atomic E-state index is 12.7. The first-order chi connectivity index (χ1) is 15.9. The van der Waals surface area contributed by atoms with Gasteiger partial charge in [0.25, 0.3) is 0 Å². The molecule has 3 rings (SSSR count). The van der Waals surface area contributed by atoms with Gasteiger partial charge in [-0.05, 0) is 72.6 Å². The molecule has 180 valence electrons. The van der Waals surface area contributed by atoms with Crippen molar-refractivity contribution in [3.05, 3.63) is 56.7 Å². The number of carbonyl (C=O) groups excluding carboxylic acids is 2. The lowest BCUT2D eigenvalue weighted by atomic mass is 10.1. The Kier molecular flexibility index (Phi) is 7.15. The molecule has 0 spiro atoms. The van der Waals surface area contributed by atoms with Crippen molar-refractivity contribution in [1.82, 2.24) is 4.57 Å². The number of fused-ring (bicyclic) bond motifs is 1. The van der Waals surface area contributed by atoms with Gasteiger partial charge in [-0.2, -0.15) is 0 Å². The first-order valence-electron chi connectivity index (χ1n) is 10.1. The third-order valence-electron chi connectivity index (χ3n) is 4.66. The molecular formula is C23H23BrN2O8. The molecule has 1 aromatic heterocycles. The van der Waals surface area contributed by atoms with Crippen LogP contribution in [0.1, 0.15) is 26.3 Å². The van der Waals surface area contributed by atoms with Crippen LogP contribution >= 0.6 is 15.9 Å². The summed E-state index contributed by atoms with van der Waals surface area (Å²) in [4.78, 5) is 35.7. The number of hydrogen-bond donors (Lipinski definition) is 0. The Morgan fingerprint density at radius 1 is 1.06 bits per heavy atom. The maximum Gasteiger partial charge on any atom is 0.419 e. The number of nitrogens with zero attached hydrogens (tertiary/aromatic N) is 2. The summed E-state index contributed by atoms with van der Waals surface area (Å²) in [5.41, 5.74) is -0.181. The van der Waals surface area contributed by atoms with Crippen LogP contribution in [0.3, 0.4) is 0 Å².